The number of nitrogens with zero attached hydrogens (tertiary/aromatic N) is 2. The van der Waals surface area contributed by atoms with Gasteiger partial charge in [-0.15, -0.1) is 13.2 Å². The van der Waals surface area contributed by atoms with E-state index in [0.29, 0.717) is 25.8 Å². The lowest BCUT2D eigenvalue weighted by atomic mass is 9.66. The number of hydrogen-bond donors (Lipinski definition) is 1. The Morgan fingerprint density at radius 1 is 1.25 bits per heavy atom. The van der Waals surface area contributed by atoms with Crippen LogP contribution in [0.5, 0.6) is 0 Å². The Morgan fingerprint density at radius 3 is 2.61 bits per heavy atom. The molecule has 1 spiro atoms. The van der Waals surface area contributed by atoms with E-state index in [1.807, 2.05) is 11.8 Å². The Labute approximate surface area is 214 Å². The largest absolute Gasteiger partial charge is 0.465 e. The van der Waals surface area contributed by atoms with Gasteiger partial charge in [0.1, 0.15) is 17.6 Å². The van der Waals surface area contributed by atoms with Crippen molar-refractivity contribution in [3.05, 3.63) is 25.3 Å². The van der Waals surface area contributed by atoms with Gasteiger partial charge in [0.15, 0.2) is 0 Å². The van der Waals surface area contributed by atoms with E-state index in [2.05, 4.69) is 13.2 Å². The number of carbonyl (C=O) groups is 3. The van der Waals surface area contributed by atoms with Crippen molar-refractivity contribution in [1.82, 2.24) is 9.80 Å². The zero-order chi connectivity index (χ0) is 26.1. The van der Waals surface area contributed by atoms with Crippen LogP contribution < -0.4 is 0 Å². The Morgan fingerprint density at radius 2 is 1.97 bits per heavy atom. The van der Waals surface area contributed by atoms with Gasteiger partial charge >= 0.3 is 5.97 Å². The molecule has 36 heavy (non-hydrogen) atoms. The quantitative estimate of drug-likeness (QED) is 0.265. The molecule has 3 saturated heterocycles. The maximum absolute atomic E-state index is 14.4. The number of fused-ring (bicyclic) bond motifs is 1. The summed E-state index contributed by atoms with van der Waals surface area (Å²) in [4.78, 5) is 45.1. The summed E-state index contributed by atoms with van der Waals surface area (Å²) in [5.74, 6) is -2.49. The lowest BCUT2D eigenvalue weighted by Crippen LogP contribution is -2.60. The summed E-state index contributed by atoms with van der Waals surface area (Å²) in [6.45, 7) is 11.5. The normalized spacial score (nSPS) is 34.4. The molecule has 4 aliphatic rings. The minimum absolute atomic E-state index is 0.0842. The van der Waals surface area contributed by atoms with Crippen LogP contribution in [0.1, 0.15) is 71.6 Å². The first kappa shape index (κ1) is 26.9. The maximum atomic E-state index is 14.4. The minimum Gasteiger partial charge on any atom is -0.465 e. The number of likely N-dealkylation sites (tertiary alicyclic amines) is 1. The number of amides is 2. The molecule has 1 N–H and O–H groups in total. The number of allylic oxidation sites excluding steroid dienone is 1. The predicted octanol–water partition coefficient (Wildman–Crippen LogP) is 2.99. The van der Waals surface area contributed by atoms with Gasteiger partial charge in [0.05, 0.1) is 30.8 Å². The number of ether oxygens (including phenoxy) is 2. The zero-order valence-corrected chi connectivity index (χ0v) is 21.8. The average molecular weight is 503 g/mol. The predicted molar refractivity (Wildman–Crippen MR) is 135 cm³/mol. The molecule has 2 unspecified atom stereocenters. The molecule has 3 heterocycles. The van der Waals surface area contributed by atoms with Crippen LogP contribution in [-0.2, 0) is 23.9 Å². The van der Waals surface area contributed by atoms with Gasteiger partial charge in [0.2, 0.25) is 11.8 Å². The van der Waals surface area contributed by atoms with Gasteiger partial charge < -0.3 is 24.4 Å². The second kappa shape index (κ2) is 10.7. The third kappa shape index (κ3) is 4.30. The number of aliphatic hydroxyl groups is 1. The summed E-state index contributed by atoms with van der Waals surface area (Å²) >= 11 is 0. The molecule has 1 saturated carbocycles. The van der Waals surface area contributed by atoms with E-state index in [0.717, 1.165) is 38.5 Å². The van der Waals surface area contributed by atoms with E-state index in [1.54, 1.807) is 19.1 Å². The van der Waals surface area contributed by atoms with Crippen molar-refractivity contribution in [2.75, 3.05) is 19.8 Å². The van der Waals surface area contributed by atoms with Gasteiger partial charge in [-0.25, -0.2) is 0 Å². The summed E-state index contributed by atoms with van der Waals surface area (Å²) in [5.41, 5.74) is -1.97. The molecule has 4 rings (SSSR count). The molecule has 8 heteroatoms. The number of hydrogen-bond acceptors (Lipinski definition) is 6. The Balaban J connectivity index is 1.70. The first-order chi connectivity index (χ1) is 17.3. The summed E-state index contributed by atoms with van der Waals surface area (Å²) in [7, 11) is 0. The molecule has 0 aromatic rings. The second-order valence-corrected chi connectivity index (χ2v) is 11.2. The van der Waals surface area contributed by atoms with Crippen molar-refractivity contribution >= 4 is 17.8 Å². The second-order valence-electron chi connectivity index (χ2n) is 11.2. The summed E-state index contributed by atoms with van der Waals surface area (Å²) in [6.07, 6.45) is 11.1. The monoisotopic (exact) mass is 502 g/mol. The van der Waals surface area contributed by atoms with Crippen LogP contribution in [0, 0.1) is 11.8 Å². The molecule has 200 valence electrons. The van der Waals surface area contributed by atoms with Crippen molar-refractivity contribution < 1.29 is 29.0 Å². The standard InChI is InChI=1S/C28H42N2O6/c1-5-7-11-17-35-26(34)22-21-24(32)30(19(3)18-31)23(28(21)15-14-27(22,4)36-28)25(33)29(16-6-2)20-12-9-8-10-13-20/h5-6,19-23,31H,1-2,7-18H2,3-4H3/t19-,21+,22-,23?,27+,28?/m1/s1. The van der Waals surface area contributed by atoms with Gasteiger partial charge in [-0.05, 0) is 52.4 Å². The van der Waals surface area contributed by atoms with Crippen LogP contribution in [0.4, 0.5) is 0 Å². The SMILES string of the molecule is C=CCCCOC(=O)[C@H]1[C@H]2C(=O)N([C@H](C)CO)C(C(=O)N(CC=C)C3CCCCC3)C23CC[C@]1(C)O3. The first-order valence-corrected chi connectivity index (χ1v) is 13.6. The van der Waals surface area contributed by atoms with Crippen LogP contribution in [0.15, 0.2) is 25.3 Å². The minimum atomic E-state index is -1.11. The van der Waals surface area contributed by atoms with Crippen molar-refractivity contribution in [3.63, 3.8) is 0 Å². The van der Waals surface area contributed by atoms with E-state index in [9.17, 15) is 19.5 Å². The van der Waals surface area contributed by atoms with E-state index in [-0.39, 0.29) is 31.1 Å². The lowest BCUT2D eigenvalue weighted by molar-refractivity contribution is -0.162. The third-order valence-electron chi connectivity index (χ3n) is 8.86. The molecule has 6 atom stereocenters. The zero-order valence-electron chi connectivity index (χ0n) is 21.8. The topological polar surface area (TPSA) is 96.4 Å². The number of aliphatic hydroxyl groups excluding tert-OH is 1. The number of carbonyl (C=O) groups excluding carboxylic acids is 3. The van der Waals surface area contributed by atoms with Gasteiger partial charge in [-0.3, -0.25) is 14.4 Å². The molecule has 0 aromatic heterocycles. The van der Waals surface area contributed by atoms with E-state index in [4.69, 9.17) is 9.47 Å². The fourth-order valence-electron chi connectivity index (χ4n) is 7.16. The Bertz CT molecular complexity index is 885. The van der Waals surface area contributed by atoms with E-state index < -0.39 is 41.1 Å². The van der Waals surface area contributed by atoms with E-state index in [1.165, 1.54) is 4.90 Å². The Kier molecular flexibility index (Phi) is 7.95. The maximum Gasteiger partial charge on any atom is 0.312 e. The Hall–Kier alpha value is -2.19. The molecule has 3 aliphatic heterocycles. The molecule has 2 amide bonds. The summed E-state index contributed by atoms with van der Waals surface area (Å²) < 4.78 is 12.2. The van der Waals surface area contributed by atoms with Crippen LogP contribution >= 0.6 is 0 Å². The number of rotatable bonds is 11. The van der Waals surface area contributed by atoms with Gasteiger partial charge in [-0.1, -0.05) is 31.4 Å². The summed E-state index contributed by atoms with van der Waals surface area (Å²) in [5, 5.41) is 10.1. The molecule has 0 radical (unpaired) electrons. The highest BCUT2D eigenvalue weighted by Crippen LogP contribution is 2.63. The third-order valence-corrected chi connectivity index (χ3v) is 8.86. The van der Waals surface area contributed by atoms with E-state index >= 15 is 0 Å². The van der Waals surface area contributed by atoms with Gasteiger partial charge in [-0.2, -0.15) is 0 Å². The fourth-order valence-corrected chi connectivity index (χ4v) is 7.16. The smallest absolute Gasteiger partial charge is 0.312 e. The molecule has 4 fully saturated rings. The average Bonchev–Trinajstić information content (AvgIpc) is 3.45. The van der Waals surface area contributed by atoms with Crippen molar-refractivity contribution in [2.45, 2.75) is 101 Å². The molecule has 0 aromatic carbocycles. The molecule has 8 nitrogen and oxygen atoms in total. The van der Waals surface area contributed by atoms with Crippen molar-refractivity contribution in [2.24, 2.45) is 11.8 Å². The molecule has 2 bridgehead atoms. The van der Waals surface area contributed by atoms with Gasteiger partial charge in [0, 0.05) is 12.6 Å². The van der Waals surface area contributed by atoms with Crippen molar-refractivity contribution in [1.29, 1.82) is 0 Å². The highest BCUT2D eigenvalue weighted by Gasteiger charge is 2.79. The highest BCUT2D eigenvalue weighted by molar-refractivity contribution is 5.98. The van der Waals surface area contributed by atoms with Crippen LogP contribution in [0.2, 0.25) is 0 Å². The first-order valence-electron chi connectivity index (χ1n) is 13.6. The molecular formula is C28H42N2O6. The number of unbranched alkanes of at least 4 members (excludes halogenated alkanes) is 1. The number of esters is 1. The molecular weight excluding hydrogens is 460 g/mol. The summed E-state index contributed by atoms with van der Waals surface area (Å²) in [6, 6.07) is -1.39. The van der Waals surface area contributed by atoms with Crippen molar-refractivity contribution in [3.8, 4) is 0 Å². The van der Waals surface area contributed by atoms with Crippen LogP contribution in [0.3, 0.4) is 0 Å². The van der Waals surface area contributed by atoms with Crippen LogP contribution in [-0.4, -0.2) is 81.8 Å². The lowest BCUT2D eigenvalue weighted by Gasteiger charge is -2.42. The van der Waals surface area contributed by atoms with Gasteiger partial charge in [0.25, 0.3) is 0 Å². The highest BCUT2D eigenvalue weighted by atomic mass is 16.6. The van der Waals surface area contributed by atoms with Crippen LogP contribution in [0.25, 0.3) is 0 Å². The molecule has 1 aliphatic carbocycles. The fraction of sp³-hybridized carbons (Fsp3) is 0.750.